The molecule has 0 saturated carbocycles. The number of rotatable bonds is 1. The van der Waals surface area contributed by atoms with Crippen molar-refractivity contribution < 1.29 is 4.79 Å². The van der Waals surface area contributed by atoms with E-state index in [4.69, 9.17) is 0 Å². The molecule has 2 aromatic rings. The number of fused-ring (bicyclic) bond motifs is 1. The van der Waals surface area contributed by atoms with Crippen molar-refractivity contribution in [1.82, 2.24) is 20.5 Å². The Bertz CT molecular complexity index is 448. The van der Waals surface area contributed by atoms with Gasteiger partial charge in [0.2, 0.25) is 0 Å². The Morgan fingerprint density at radius 3 is 3.23 bits per heavy atom. The molecule has 0 aliphatic carbocycles. The first-order valence-corrected chi connectivity index (χ1v) is 3.84. The number of nitrogens with one attached hydrogen (secondary N) is 2. The average Bonchev–Trinajstić information content (AvgIpc) is 2.60. The number of hydrogen-bond acceptors (Lipinski definition) is 3. The molecule has 0 radical (unpaired) electrons. The highest BCUT2D eigenvalue weighted by Gasteiger charge is 2.12. The minimum absolute atomic E-state index is 0.232. The Hall–Kier alpha value is -1.91. The summed E-state index contributed by atoms with van der Waals surface area (Å²) in [7, 11) is 1.56. The summed E-state index contributed by atoms with van der Waals surface area (Å²) in [5, 5.41) is 9.09. The molecule has 2 heterocycles. The van der Waals surface area contributed by atoms with Crippen molar-refractivity contribution in [2.45, 2.75) is 0 Å². The van der Waals surface area contributed by atoms with Crippen molar-refractivity contribution in [1.29, 1.82) is 0 Å². The molecular formula is C8H8N4O. The van der Waals surface area contributed by atoms with Gasteiger partial charge in [-0.1, -0.05) is 0 Å². The summed E-state index contributed by atoms with van der Waals surface area (Å²) in [4.78, 5) is 15.3. The van der Waals surface area contributed by atoms with E-state index >= 15 is 0 Å². The monoisotopic (exact) mass is 176 g/mol. The highest BCUT2D eigenvalue weighted by Crippen LogP contribution is 2.11. The molecular weight excluding hydrogens is 168 g/mol. The van der Waals surface area contributed by atoms with Crippen LogP contribution < -0.4 is 5.32 Å². The summed E-state index contributed by atoms with van der Waals surface area (Å²) in [6.45, 7) is 0. The predicted octanol–water partition coefficient (Wildman–Crippen LogP) is 0.317. The molecule has 0 spiro atoms. The van der Waals surface area contributed by atoms with Crippen LogP contribution in [0.5, 0.6) is 0 Å². The van der Waals surface area contributed by atoms with Crippen molar-refractivity contribution in [3.8, 4) is 0 Å². The fraction of sp³-hybridized carbons (Fsp3) is 0.125. The summed E-state index contributed by atoms with van der Waals surface area (Å²) >= 11 is 0. The first kappa shape index (κ1) is 7.72. The van der Waals surface area contributed by atoms with Crippen molar-refractivity contribution in [3.05, 3.63) is 24.0 Å². The lowest BCUT2D eigenvalue weighted by Gasteiger charge is -1.92. The van der Waals surface area contributed by atoms with Crippen molar-refractivity contribution in [2.24, 2.45) is 0 Å². The Labute approximate surface area is 74.2 Å². The van der Waals surface area contributed by atoms with Gasteiger partial charge in [0.1, 0.15) is 5.52 Å². The van der Waals surface area contributed by atoms with Crippen LogP contribution in [0, 0.1) is 0 Å². The minimum atomic E-state index is -0.232. The molecule has 2 N–H and O–H groups in total. The van der Waals surface area contributed by atoms with Crippen LogP contribution in [0.4, 0.5) is 0 Å². The molecule has 1 amide bonds. The number of pyridine rings is 1. The van der Waals surface area contributed by atoms with Crippen LogP contribution in [-0.2, 0) is 0 Å². The third kappa shape index (κ3) is 1.14. The van der Waals surface area contributed by atoms with Gasteiger partial charge >= 0.3 is 0 Å². The van der Waals surface area contributed by atoms with Crippen molar-refractivity contribution >= 4 is 16.9 Å². The molecule has 0 aromatic carbocycles. The molecule has 2 rings (SSSR count). The van der Waals surface area contributed by atoms with Crippen LogP contribution in [0.15, 0.2) is 18.3 Å². The number of amides is 1. The van der Waals surface area contributed by atoms with Crippen molar-refractivity contribution in [3.63, 3.8) is 0 Å². The summed E-state index contributed by atoms with van der Waals surface area (Å²) < 4.78 is 0. The second-order valence-electron chi connectivity index (χ2n) is 2.55. The minimum Gasteiger partial charge on any atom is -0.354 e. The van der Waals surface area contributed by atoms with Gasteiger partial charge in [-0.05, 0) is 12.1 Å². The highest BCUT2D eigenvalue weighted by molar-refractivity contribution is 6.02. The quantitative estimate of drug-likeness (QED) is 0.657. The normalized spacial score (nSPS) is 10.2. The summed E-state index contributed by atoms with van der Waals surface area (Å²) in [5.74, 6) is -0.232. The van der Waals surface area contributed by atoms with E-state index in [1.165, 1.54) is 0 Å². The molecule has 0 aliphatic rings. The van der Waals surface area contributed by atoms with E-state index in [0.717, 1.165) is 5.52 Å². The van der Waals surface area contributed by atoms with Gasteiger partial charge in [-0.25, -0.2) is 0 Å². The number of aromatic nitrogens is 3. The van der Waals surface area contributed by atoms with Gasteiger partial charge in [0.15, 0.2) is 5.69 Å². The van der Waals surface area contributed by atoms with E-state index in [-0.39, 0.29) is 5.91 Å². The van der Waals surface area contributed by atoms with Gasteiger partial charge in [-0.15, -0.1) is 0 Å². The zero-order valence-corrected chi connectivity index (χ0v) is 7.03. The molecule has 5 nitrogen and oxygen atoms in total. The largest absolute Gasteiger partial charge is 0.354 e. The van der Waals surface area contributed by atoms with E-state index in [0.29, 0.717) is 11.2 Å². The van der Waals surface area contributed by atoms with Crippen LogP contribution >= 0.6 is 0 Å². The van der Waals surface area contributed by atoms with Gasteiger partial charge in [0, 0.05) is 13.2 Å². The molecule has 0 saturated heterocycles. The van der Waals surface area contributed by atoms with E-state index in [1.54, 1.807) is 19.3 Å². The molecule has 66 valence electrons. The number of nitrogens with zero attached hydrogens (tertiary/aromatic N) is 2. The number of H-pyrrole nitrogens is 1. The maximum atomic E-state index is 11.3. The molecule has 0 aliphatic heterocycles. The second kappa shape index (κ2) is 2.85. The number of aromatic amines is 1. The van der Waals surface area contributed by atoms with Crippen LogP contribution in [0.1, 0.15) is 10.5 Å². The van der Waals surface area contributed by atoms with Crippen LogP contribution in [0.25, 0.3) is 11.0 Å². The zero-order valence-electron chi connectivity index (χ0n) is 7.03. The van der Waals surface area contributed by atoms with Crippen LogP contribution in [0.2, 0.25) is 0 Å². The standard InChI is InChI=1S/C8H8N4O/c1-9-8(13)7-6-5(11-12-7)3-2-4-10-6/h2-4H,1H3,(H,9,13)(H,11,12). The summed E-state index contributed by atoms with van der Waals surface area (Å²) in [5.41, 5.74) is 1.70. The molecule has 0 unspecified atom stereocenters. The van der Waals surface area contributed by atoms with Crippen molar-refractivity contribution in [2.75, 3.05) is 7.05 Å². The van der Waals surface area contributed by atoms with Gasteiger partial charge in [-0.3, -0.25) is 14.9 Å². The van der Waals surface area contributed by atoms with Gasteiger partial charge in [-0.2, -0.15) is 5.10 Å². The Morgan fingerprint density at radius 2 is 2.46 bits per heavy atom. The maximum absolute atomic E-state index is 11.3. The predicted molar refractivity (Wildman–Crippen MR) is 47.3 cm³/mol. The maximum Gasteiger partial charge on any atom is 0.273 e. The van der Waals surface area contributed by atoms with E-state index < -0.39 is 0 Å². The lowest BCUT2D eigenvalue weighted by atomic mass is 10.3. The fourth-order valence-corrected chi connectivity index (χ4v) is 1.13. The van der Waals surface area contributed by atoms with Gasteiger partial charge in [0.25, 0.3) is 5.91 Å². The molecule has 0 fully saturated rings. The summed E-state index contributed by atoms with van der Waals surface area (Å²) in [6.07, 6.45) is 1.63. The molecule has 0 atom stereocenters. The molecule has 13 heavy (non-hydrogen) atoms. The molecule has 2 aromatic heterocycles. The average molecular weight is 176 g/mol. The Kier molecular flexibility index (Phi) is 1.70. The third-order valence-electron chi connectivity index (χ3n) is 1.76. The van der Waals surface area contributed by atoms with E-state index in [2.05, 4.69) is 20.5 Å². The van der Waals surface area contributed by atoms with E-state index in [1.807, 2.05) is 6.07 Å². The number of carbonyl (C=O) groups is 1. The van der Waals surface area contributed by atoms with Gasteiger partial charge < -0.3 is 5.32 Å². The van der Waals surface area contributed by atoms with Crippen LogP contribution in [0.3, 0.4) is 0 Å². The number of hydrogen-bond donors (Lipinski definition) is 2. The second-order valence-corrected chi connectivity index (χ2v) is 2.55. The molecule has 0 bridgehead atoms. The third-order valence-corrected chi connectivity index (χ3v) is 1.76. The van der Waals surface area contributed by atoms with Gasteiger partial charge in [0.05, 0.1) is 5.52 Å². The molecule has 5 heteroatoms. The lowest BCUT2D eigenvalue weighted by Crippen LogP contribution is -2.18. The first-order valence-electron chi connectivity index (χ1n) is 3.84. The Balaban J connectivity index is 2.64. The highest BCUT2D eigenvalue weighted by atomic mass is 16.1. The van der Waals surface area contributed by atoms with Crippen LogP contribution in [-0.4, -0.2) is 28.1 Å². The fourth-order valence-electron chi connectivity index (χ4n) is 1.13. The SMILES string of the molecule is CNC(=O)c1n[nH]c2cccnc12. The zero-order chi connectivity index (χ0) is 9.26. The topological polar surface area (TPSA) is 70.7 Å². The number of carbonyl (C=O) groups excluding carboxylic acids is 1. The summed E-state index contributed by atoms with van der Waals surface area (Å²) in [6, 6.07) is 3.61. The Morgan fingerprint density at radius 1 is 1.62 bits per heavy atom. The first-order chi connectivity index (χ1) is 6.33. The lowest BCUT2D eigenvalue weighted by molar-refractivity contribution is 0.0959. The van der Waals surface area contributed by atoms with E-state index in [9.17, 15) is 4.79 Å². The smallest absolute Gasteiger partial charge is 0.273 e.